The largest absolute Gasteiger partial charge is 0.368 e. The first kappa shape index (κ1) is 19.7. The van der Waals surface area contributed by atoms with E-state index in [0.29, 0.717) is 5.69 Å². The molecule has 0 unspecified atom stereocenters. The molecule has 0 N–H and O–H groups in total. The van der Waals surface area contributed by atoms with Gasteiger partial charge in [0.2, 0.25) is 10.0 Å². The van der Waals surface area contributed by atoms with E-state index in [2.05, 4.69) is 0 Å². The number of nitro benzene ring substituents is 1. The summed E-state index contributed by atoms with van der Waals surface area (Å²) in [6, 6.07) is 10.1. The number of piperazine rings is 1. The van der Waals surface area contributed by atoms with Crippen molar-refractivity contribution in [3.8, 4) is 6.07 Å². The Morgan fingerprint density at radius 2 is 1.79 bits per heavy atom. The minimum atomic E-state index is -3.92. The molecule has 1 heterocycles. The molecule has 3 rings (SSSR count). The Bertz CT molecular complexity index is 1070. The zero-order valence-corrected chi connectivity index (χ0v) is 15.8. The monoisotopic (exact) mass is 404 g/mol. The molecule has 1 saturated heterocycles. The van der Waals surface area contributed by atoms with Crippen LogP contribution in [0.25, 0.3) is 0 Å². The molecule has 0 radical (unpaired) electrons. The molecule has 0 saturated carbocycles. The van der Waals surface area contributed by atoms with Gasteiger partial charge < -0.3 is 4.90 Å². The fraction of sp³-hybridized carbons (Fsp3) is 0.278. The summed E-state index contributed by atoms with van der Waals surface area (Å²) in [5, 5.41) is 20.3. The third-order valence-corrected chi connectivity index (χ3v) is 6.80. The Balaban J connectivity index is 1.84. The van der Waals surface area contributed by atoms with E-state index < -0.39 is 20.8 Å². The van der Waals surface area contributed by atoms with Crippen molar-refractivity contribution in [2.24, 2.45) is 0 Å². The molecule has 8 nitrogen and oxygen atoms in total. The standard InChI is InChI=1S/C18H17FN4O4S/c1-13-16(23(24)25)5-3-7-18(13)28(26,27)22-10-8-21(9-11-22)17-6-2-4-15(19)14(17)12-20/h2-7H,8-11H2,1H3. The Morgan fingerprint density at radius 1 is 1.14 bits per heavy atom. The van der Waals surface area contributed by atoms with Crippen LogP contribution in [0.3, 0.4) is 0 Å². The molecule has 28 heavy (non-hydrogen) atoms. The van der Waals surface area contributed by atoms with Gasteiger partial charge in [0.15, 0.2) is 0 Å². The molecule has 2 aromatic rings. The Morgan fingerprint density at radius 3 is 2.39 bits per heavy atom. The third kappa shape index (κ3) is 3.42. The molecule has 146 valence electrons. The van der Waals surface area contributed by atoms with E-state index in [1.807, 2.05) is 6.07 Å². The van der Waals surface area contributed by atoms with Crippen molar-refractivity contribution < 1.29 is 17.7 Å². The van der Waals surface area contributed by atoms with Crippen LogP contribution in [0, 0.1) is 34.2 Å². The minimum absolute atomic E-state index is 0.0756. The highest BCUT2D eigenvalue weighted by Crippen LogP contribution is 2.29. The van der Waals surface area contributed by atoms with Gasteiger partial charge in [0.25, 0.3) is 5.69 Å². The lowest BCUT2D eigenvalue weighted by atomic mass is 10.1. The number of nitrogens with zero attached hydrogens (tertiary/aromatic N) is 4. The summed E-state index contributed by atoms with van der Waals surface area (Å²) in [5.74, 6) is -0.623. The molecule has 1 aliphatic rings. The van der Waals surface area contributed by atoms with Gasteiger partial charge in [0.05, 0.1) is 15.5 Å². The van der Waals surface area contributed by atoms with Crippen LogP contribution >= 0.6 is 0 Å². The SMILES string of the molecule is Cc1c([N+](=O)[O-])cccc1S(=O)(=O)N1CCN(c2cccc(F)c2C#N)CC1. The predicted octanol–water partition coefficient (Wildman–Crippen LogP) is 2.42. The van der Waals surface area contributed by atoms with Gasteiger partial charge in [-0.25, -0.2) is 12.8 Å². The Kier molecular flexibility index (Phi) is 5.31. The van der Waals surface area contributed by atoms with Crippen LogP contribution in [-0.2, 0) is 10.0 Å². The highest BCUT2D eigenvalue weighted by Gasteiger charge is 2.32. The summed E-state index contributed by atoms with van der Waals surface area (Å²) < 4.78 is 41.0. The number of benzene rings is 2. The first-order valence-electron chi connectivity index (χ1n) is 8.45. The van der Waals surface area contributed by atoms with Crippen molar-refractivity contribution in [1.82, 2.24) is 4.31 Å². The zero-order valence-electron chi connectivity index (χ0n) is 15.0. The molecule has 10 heteroatoms. The van der Waals surface area contributed by atoms with Crippen LogP contribution in [0.5, 0.6) is 0 Å². The first-order chi connectivity index (χ1) is 13.3. The second-order valence-corrected chi connectivity index (χ2v) is 8.20. The number of sulfonamides is 1. The summed E-state index contributed by atoms with van der Waals surface area (Å²) in [6.07, 6.45) is 0. The number of rotatable bonds is 4. The van der Waals surface area contributed by atoms with E-state index in [4.69, 9.17) is 0 Å². The molecule has 1 aliphatic heterocycles. The van der Waals surface area contributed by atoms with Crippen molar-refractivity contribution >= 4 is 21.4 Å². The third-order valence-electron chi connectivity index (χ3n) is 4.75. The molecular formula is C18H17FN4O4S. The van der Waals surface area contributed by atoms with Gasteiger partial charge in [-0.05, 0) is 25.1 Å². The van der Waals surface area contributed by atoms with E-state index in [0.717, 1.165) is 0 Å². The van der Waals surface area contributed by atoms with Gasteiger partial charge in [-0.15, -0.1) is 0 Å². The number of hydrogen-bond donors (Lipinski definition) is 0. The summed E-state index contributed by atoms with van der Waals surface area (Å²) >= 11 is 0. The molecule has 0 spiro atoms. The van der Waals surface area contributed by atoms with Gasteiger partial charge in [-0.2, -0.15) is 9.57 Å². The average Bonchev–Trinajstić information content (AvgIpc) is 2.67. The minimum Gasteiger partial charge on any atom is -0.368 e. The molecule has 2 aromatic carbocycles. The maximum absolute atomic E-state index is 13.8. The smallest absolute Gasteiger partial charge is 0.273 e. The van der Waals surface area contributed by atoms with Crippen molar-refractivity contribution in [1.29, 1.82) is 5.26 Å². The number of halogens is 1. The summed E-state index contributed by atoms with van der Waals surface area (Å²) in [4.78, 5) is 12.1. The van der Waals surface area contributed by atoms with Crippen LogP contribution in [-0.4, -0.2) is 43.8 Å². The quantitative estimate of drug-likeness (QED) is 0.572. The normalized spacial score (nSPS) is 15.2. The second kappa shape index (κ2) is 7.53. The van der Waals surface area contributed by atoms with Crippen molar-refractivity contribution in [2.45, 2.75) is 11.8 Å². The predicted molar refractivity (Wildman–Crippen MR) is 99.9 cm³/mol. The Hall–Kier alpha value is -3.03. The van der Waals surface area contributed by atoms with Gasteiger partial charge in [-0.3, -0.25) is 10.1 Å². The lowest BCUT2D eigenvalue weighted by molar-refractivity contribution is -0.385. The van der Waals surface area contributed by atoms with Crippen molar-refractivity contribution in [3.05, 3.63) is 63.5 Å². The van der Waals surface area contributed by atoms with Crippen LogP contribution in [0.4, 0.5) is 15.8 Å². The molecular weight excluding hydrogens is 387 g/mol. The molecule has 0 atom stereocenters. The lowest BCUT2D eigenvalue weighted by Gasteiger charge is -2.35. The number of anilines is 1. The van der Waals surface area contributed by atoms with Gasteiger partial charge in [-0.1, -0.05) is 12.1 Å². The second-order valence-electron chi connectivity index (χ2n) is 6.29. The maximum Gasteiger partial charge on any atom is 0.273 e. The van der Waals surface area contributed by atoms with Crippen molar-refractivity contribution in [2.75, 3.05) is 31.1 Å². The Labute approximate surface area is 161 Å². The number of nitriles is 1. The number of nitro groups is 1. The van der Waals surface area contributed by atoms with E-state index in [9.17, 15) is 28.2 Å². The van der Waals surface area contributed by atoms with Crippen LogP contribution in [0.15, 0.2) is 41.3 Å². The van der Waals surface area contributed by atoms with Crippen LogP contribution in [0.2, 0.25) is 0 Å². The fourth-order valence-corrected chi connectivity index (χ4v) is 4.94. The molecule has 0 aromatic heterocycles. The molecule has 0 amide bonds. The van der Waals surface area contributed by atoms with Crippen LogP contribution in [0.1, 0.15) is 11.1 Å². The van der Waals surface area contributed by atoms with E-state index in [1.165, 1.54) is 41.6 Å². The molecule has 0 aliphatic carbocycles. The summed E-state index contributed by atoms with van der Waals surface area (Å²) in [5.41, 5.74) is 0.185. The summed E-state index contributed by atoms with van der Waals surface area (Å²) in [6.45, 7) is 2.18. The van der Waals surface area contributed by atoms with Crippen LogP contribution < -0.4 is 4.90 Å². The number of hydrogen-bond acceptors (Lipinski definition) is 6. The van der Waals surface area contributed by atoms with Crippen molar-refractivity contribution in [3.63, 3.8) is 0 Å². The topological polar surface area (TPSA) is 108 Å². The maximum atomic E-state index is 13.8. The summed E-state index contributed by atoms with van der Waals surface area (Å²) in [7, 11) is -3.92. The molecule has 1 fully saturated rings. The highest BCUT2D eigenvalue weighted by molar-refractivity contribution is 7.89. The first-order valence-corrected chi connectivity index (χ1v) is 9.89. The molecule has 0 bridgehead atoms. The van der Waals surface area contributed by atoms with E-state index in [1.54, 1.807) is 11.0 Å². The van der Waals surface area contributed by atoms with E-state index >= 15 is 0 Å². The van der Waals surface area contributed by atoms with Gasteiger partial charge in [0, 0.05) is 37.8 Å². The van der Waals surface area contributed by atoms with Gasteiger partial charge in [0.1, 0.15) is 17.4 Å². The average molecular weight is 404 g/mol. The van der Waals surface area contributed by atoms with Gasteiger partial charge >= 0.3 is 0 Å². The fourth-order valence-electron chi connectivity index (χ4n) is 3.28. The van der Waals surface area contributed by atoms with E-state index in [-0.39, 0.29) is 47.9 Å². The highest BCUT2D eigenvalue weighted by atomic mass is 32.2. The lowest BCUT2D eigenvalue weighted by Crippen LogP contribution is -2.49. The zero-order chi connectivity index (χ0) is 20.5.